The van der Waals surface area contributed by atoms with Crippen molar-refractivity contribution in [3.05, 3.63) is 70.7 Å². The van der Waals surface area contributed by atoms with Gasteiger partial charge in [-0.25, -0.2) is 0 Å². The Hall–Kier alpha value is -1.80. The highest BCUT2D eigenvalue weighted by Crippen LogP contribution is 2.48. The molecule has 0 bridgehead atoms. The van der Waals surface area contributed by atoms with Crippen molar-refractivity contribution < 1.29 is 4.79 Å². The van der Waals surface area contributed by atoms with Crippen LogP contribution in [0.1, 0.15) is 24.0 Å². The molecule has 1 aliphatic carbocycles. The smallest absolute Gasteiger partial charge is 0.230 e. The fourth-order valence-electron chi connectivity index (χ4n) is 2.53. The summed E-state index contributed by atoms with van der Waals surface area (Å²) in [6.07, 6.45) is 1.86. The van der Waals surface area contributed by atoms with E-state index in [9.17, 15) is 4.79 Å². The van der Waals surface area contributed by atoms with Crippen molar-refractivity contribution >= 4 is 17.5 Å². The minimum atomic E-state index is -0.306. The molecule has 20 heavy (non-hydrogen) atoms. The number of carbonyl (C=O) groups is 1. The molecular weight excluding hydrogens is 270 g/mol. The number of hydrogen-bond donors (Lipinski definition) is 1. The van der Waals surface area contributed by atoms with Gasteiger partial charge in [0.15, 0.2) is 0 Å². The van der Waals surface area contributed by atoms with Crippen LogP contribution in [0.5, 0.6) is 0 Å². The summed E-state index contributed by atoms with van der Waals surface area (Å²) in [6, 6.07) is 17.6. The minimum Gasteiger partial charge on any atom is -0.351 e. The Morgan fingerprint density at radius 1 is 1.10 bits per heavy atom. The van der Waals surface area contributed by atoms with Gasteiger partial charge in [0.05, 0.1) is 5.41 Å². The summed E-state index contributed by atoms with van der Waals surface area (Å²) >= 11 is 5.95. The highest BCUT2D eigenvalue weighted by molar-refractivity contribution is 6.30. The molecule has 2 aromatic rings. The largest absolute Gasteiger partial charge is 0.351 e. The van der Waals surface area contributed by atoms with E-state index in [4.69, 9.17) is 11.6 Å². The van der Waals surface area contributed by atoms with Crippen LogP contribution >= 0.6 is 11.6 Å². The van der Waals surface area contributed by atoms with Crippen LogP contribution in [0.15, 0.2) is 54.6 Å². The molecule has 1 N–H and O–H groups in total. The first-order valence-corrected chi connectivity index (χ1v) is 7.17. The van der Waals surface area contributed by atoms with Crippen molar-refractivity contribution in [2.45, 2.75) is 24.8 Å². The molecule has 3 heteroatoms. The number of carbonyl (C=O) groups excluding carboxylic acids is 1. The summed E-state index contributed by atoms with van der Waals surface area (Å²) in [5.74, 6) is 0.115. The molecule has 1 amide bonds. The maximum atomic E-state index is 12.4. The van der Waals surface area contributed by atoms with Gasteiger partial charge in [-0.3, -0.25) is 4.79 Å². The van der Waals surface area contributed by atoms with Crippen LogP contribution in [0.4, 0.5) is 0 Å². The molecule has 3 rings (SSSR count). The summed E-state index contributed by atoms with van der Waals surface area (Å²) < 4.78 is 0. The van der Waals surface area contributed by atoms with Gasteiger partial charge in [0, 0.05) is 11.6 Å². The number of amides is 1. The third-order valence-electron chi connectivity index (χ3n) is 3.85. The maximum absolute atomic E-state index is 12.4. The van der Waals surface area contributed by atoms with Gasteiger partial charge >= 0.3 is 0 Å². The lowest BCUT2D eigenvalue weighted by Gasteiger charge is -2.15. The van der Waals surface area contributed by atoms with Gasteiger partial charge < -0.3 is 5.32 Å². The third-order valence-corrected chi connectivity index (χ3v) is 4.09. The summed E-state index contributed by atoms with van der Waals surface area (Å²) in [7, 11) is 0. The average Bonchev–Trinajstić information content (AvgIpc) is 3.27. The number of benzene rings is 2. The Morgan fingerprint density at radius 2 is 1.85 bits per heavy atom. The molecule has 2 nitrogen and oxygen atoms in total. The van der Waals surface area contributed by atoms with E-state index in [2.05, 4.69) is 5.32 Å². The molecule has 0 spiro atoms. The highest BCUT2D eigenvalue weighted by Gasteiger charge is 2.50. The second-order valence-corrected chi connectivity index (χ2v) is 5.70. The SMILES string of the molecule is O=C(NCc1cccc(Cl)c1)C1(c2ccccc2)CC1. The van der Waals surface area contributed by atoms with Crippen LogP contribution in [-0.2, 0) is 16.8 Å². The van der Waals surface area contributed by atoms with Crippen LogP contribution < -0.4 is 5.32 Å². The van der Waals surface area contributed by atoms with Crippen molar-refractivity contribution in [3.8, 4) is 0 Å². The summed E-state index contributed by atoms with van der Waals surface area (Å²) in [4.78, 5) is 12.4. The van der Waals surface area contributed by atoms with Crippen LogP contribution in [0, 0.1) is 0 Å². The summed E-state index contributed by atoms with van der Waals surface area (Å²) in [5, 5.41) is 3.73. The van der Waals surface area contributed by atoms with Crippen LogP contribution in [0.3, 0.4) is 0 Å². The summed E-state index contributed by atoms with van der Waals surface area (Å²) in [5.41, 5.74) is 1.83. The molecular formula is C17H16ClNO. The molecule has 0 heterocycles. The van der Waals surface area contributed by atoms with Crippen molar-refractivity contribution in [1.82, 2.24) is 5.32 Å². The zero-order chi connectivity index (χ0) is 14.0. The van der Waals surface area contributed by atoms with Gasteiger partial charge in [-0.05, 0) is 36.1 Å². The van der Waals surface area contributed by atoms with E-state index < -0.39 is 0 Å². The Labute approximate surface area is 123 Å². The molecule has 0 radical (unpaired) electrons. The van der Waals surface area contributed by atoms with Crippen LogP contribution in [-0.4, -0.2) is 5.91 Å². The van der Waals surface area contributed by atoms with Gasteiger partial charge in [-0.2, -0.15) is 0 Å². The van der Waals surface area contributed by atoms with E-state index in [0.29, 0.717) is 11.6 Å². The lowest BCUT2D eigenvalue weighted by atomic mass is 9.95. The lowest BCUT2D eigenvalue weighted by molar-refractivity contribution is -0.123. The number of hydrogen-bond acceptors (Lipinski definition) is 1. The second-order valence-electron chi connectivity index (χ2n) is 5.26. The van der Waals surface area contributed by atoms with Gasteiger partial charge in [0.1, 0.15) is 0 Å². The van der Waals surface area contributed by atoms with Crippen LogP contribution in [0.2, 0.25) is 5.02 Å². The van der Waals surface area contributed by atoms with E-state index in [0.717, 1.165) is 24.0 Å². The van der Waals surface area contributed by atoms with E-state index in [1.165, 1.54) is 0 Å². The summed E-state index contributed by atoms with van der Waals surface area (Å²) in [6.45, 7) is 0.522. The zero-order valence-corrected chi connectivity index (χ0v) is 11.9. The molecule has 1 saturated carbocycles. The quantitative estimate of drug-likeness (QED) is 0.912. The van der Waals surface area contributed by atoms with E-state index in [1.54, 1.807) is 0 Å². The van der Waals surface area contributed by atoms with Crippen molar-refractivity contribution in [2.24, 2.45) is 0 Å². The molecule has 102 valence electrons. The number of halogens is 1. The molecule has 1 fully saturated rings. The topological polar surface area (TPSA) is 29.1 Å². The molecule has 1 aliphatic rings. The van der Waals surface area contributed by atoms with Gasteiger partial charge in [0.25, 0.3) is 0 Å². The fraction of sp³-hybridized carbons (Fsp3) is 0.235. The molecule has 0 aliphatic heterocycles. The number of nitrogens with one attached hydrogen (secondary N) is 1. The predicted molar refractivity (Wildman–Crippen MR) is 80.7 cm³/mol. The van der Waals surface area contributed by atoms with Crippen molar-refractivity contribution in [3.63, 3.8) is 0 Å². The lowest BCUT2D eigenvalue weighted by Crippen LogP contribution is -2.34. The molecule has 0 aromatic heterocycles. The highest BCUT2D eigenvalue weighted by atomic mass is 35.5. The van der Waals surface area contributed by atoms with Gasteiger partial charge in [-0.15, -0.1) is 0 Å². The van der Waals surface area contributed by atoms with Crippen LogP contribution in [0.25, 0.3) is 0 Å². The molecule has 2 aromatic carbocycles. The minimum absolute atomic E-state index is 0.115. The predicted octanol–water partition coefficient (Wildman–Crippen LogP) is 3.69. The first-order valence-electron chi connectivity index (χ1n) is 6.79. The molecule has 0 unspecified atom stereocenters. The normalized spacial score (nSPS) is 15.7. The average molecular weight is 286 g/mol. The Kier molecular flexibility index (Phi) is 3.49. The fourth-order valence-corrected chi connectivity index (χ4v) is 2.74. The maximum Gasteiger partial charge on any atom is 0.230 e. The second kappa shape index (κ2) is 5.29. The van der Waals surface area contributed by atoms with E-state index in [-0.39, 0.29) is 11.3 Å². The van der Waals surface area contributed by atoms with Crippen molar-refractivity contribution in [1.29, 1.82) is 0 Å². The first kappa shape index (κ1) is 13.2. The monoisotopic (exact) mass is 285 g/mol. The van der Waals surface area contributed by atoms with Crippen molar-refractivity contribution in [2.75, 3.05) is 0 Å². The number of rotatable bonds is 4. The Bertz CT molecular complexity index is 620. The van der Waals surface area contributed by atoms with Gasteiger partial charge in [-0.1, -0.05) is 54.1 Å². The Morgan fingerprint density at radius 3 is 2.50 bits per heavy atom. The molecule has 0 saturated heterocycles. The van der Waals surface area contributed by atoms with E-state index >= 15 is 0 Å². The van der Waals surface area contributed by atoms with Gasteiger partial charge in [0.2, 0.25) is 5.91 Å². The molecule has 0 atom stereocenters. The van der Waals surface area contributed by atoms with E-state index in [1.807, 2.05) is 54.6 Å². The third kappa shape index (κ3) is 2.56. The zero-order valence-electron chi connectivity index (χ0n) is 11.1. The Balaban J connectivity index is 1.68. The standard InChI is InChI=1S/C17H16ClNO/c18-15-8-4-5-13(11-15)12-19-16(20)17(9-10-17)14-6-2-1-3-7-14/h1-8,11H,9-10,12H2,(H,19,20). The first-order chi connectivity index (χ1) is 9.71.